The lowest BCUT2D eigenvalue weighted by Gasteiger charge is -2.25. The quantitative estimate of drug-likeness (QED) is 0.627. The Balaban J connectivity index is 4.13. The highest BCUT2D eigenvalue weighted by Gasteiger charge is 2.40. The first kappa shape index (κ1) is 12.7. The van der Waals surface area contributed by atoms with Crippen LogP contribution in [0.3, 0.4) is 0 Å². The van der Waals surface area contributed by atoms with Crippen LogP contribution in [0.5, 0.6) is 0 Å². The van der Waals surface area contributed by atoms with Crippen LogP contribution in [0.2, 0.25) is 0 Å². The first-order valence-corrected chi connectivity index (χ1v) is 4.39. The van der Waals surface area contributed by atoms with Gasteiger partial charge in [0.25, 0.3) is 5.92 Å². The first-order chi connectivity index (χ1) is 6.08. The molecule has 80 valence electrons. The molecule has 13 heavy (non-hydrogen) atoms. The molecule has 0 aromatic heterocycles. The summed E-state index contributed by atoms with van der Waals surface area (Å²) in [6.45, 7) is 3.61. The minimum atomic E-state index is -3.00. The van der Waals surface area contributed by atoms with E-state index in [0.29, 0.717) is 0 Å². The molecule has 0 aromatic carbocycles. The summed E-state index contributed by atoms with van der Waals surface area (Å²) in [5.74, 6) is -3.00. The predicted octanol–water partition coefficient (Wildman–Crippen LogP) is 1.37. The van der Waals surface area contributed by atoms with E-state index >= 15 is 0 Å². The lowest BCUT2D eigenvalue weighted by atomic mass is 10.2. The molecular formula is C8H17F2NO2. The second kappa shape index (κ2) is 6.23. The smallest absolute Gasteiger partial charge is 0.299 e. The number of hydrogen-bond donors (Lipinski definition) is 1. The Labute approximate surface area is 77.2 Å². The number of alkyl halides is 2. The van der Waals surface area contributed by atoms with Crippen molar-refractivity contribution in [2.75, 3.05) is 19.8 Å². The van der Waals surface area contributed by atoms with Crippen LogP contribution >= 0.6 is 0 Å². The zero-order chi connectivity index (χ0) is 10.3. The summed E-state index contributed by atoms with van der Waals surface area (Å²) in [7, 11) is 0. The van der Waals surface area contributed by atoms with Gasteiger partial charge in [-0.2, -0.15) is 0 Å². The minimum absolute atomic E-state index is 0.0797. The molecule has 0 aromatic rings. The zero-order valence-electron chi connectivity index (χ0n) is 8.06. The van der Waals surface area contributed by atoms with Crippen LogP contribution in [0.15, 0.2) is 0 Å². The van der Waals surface area contributed by atoms with Gasteiger partial charge in [-0.05, 0) is 20.4 Å². The van der Waals surface area contributed by atoms with Gasteiger partial charge in [-0.25, -0.2) is 8.78 Å². The molecule has 3 nitrogen and oxygen atoms in total. The van der Waals surface area contributed by atoms with E-state index in [2.05, 4.69) is 0 Å². The van der Waals surface area contributed by atoms with Gasteiger partial charge in [0.1, 0.15) is 0 Å². The predicted molar refractivity (Wildman–Crippen MR) is 45.7 cm³/mol. The monoisotopic (exact) mass is 197 g/mol. The Morgan fingerprint density at radius 3 is 2.00 bits per heavy atom. The molecule has 0 fully saturated rings. The number of nitrogens with two attached hydrogens (primary N) is 1. The van der Waals surface area contributed by atoms with Gasteiger partial charge in [-0.15, -0.1) is 0 Å². The van der Waals surface area contributed by atoms with E-state index in [1.54, 1.807) is 13.8 Å². The normalized spacial score (nSPS) is 12.5. The summed E-state index contributed by atoms with van der Waals surface area (Å²) >= 11 is 0. The number of ether oxygens (including phenoxy) is 2. The molecule has 0 heterocycles. The molecule has 0 unspecified atom stereocenters. The lowest BCUT2D eigenvalue weighted by molar-refractivity contribution is -0.255. The van der Waals surface area contributed by atoms with Gasteiger partial charge in [0.15, 0.2) is 0 Å². The first-order valence-electron chi connectivity index (χ1n) is 4.39. The molecule has 0 saturated carbocycles. The van der Waals surface area contributed by atoms with Crippen LogP contribution in [-0.4, -0.2) is 32.0 Å². The van der Waals surface area contributed by atoms with Crippen LogP contribution in [0.4, 0.5) is 8.78 Å². The van der Waals surface area contributed by atoms with E-state index < -0.39 is 18.6 Å². The fraction of sp³-hybridized carbons (Fsp3) is 1.00. The van der Waals surface area contributed by atoms with E-state index in [1.807, 2.05) is 0 Å². The van der Waals surface area contributed by atoms with Crippen molar-refractivity contribution in [1.82, 2.24) is 0 Å². The largest absolute Gasteiger partial charge is 0.348 e. The van der Waals surface area contributed by atoms with Gasteiger partial charge in [-0.1, -0.05) is 0 Å². The van der Waals surface area contributed by atoms with Crippen molar-refractivity contribution < 1.29 is 18.3 Å². The average Bonchev–Trinajstić information content (AvgIpc) is 2.04. The SMILES string of the molecule is CCOC(OCC)C(F)(F)CCN. The Hall–Kier alpha value is -0.260. The van der Waals surface area contributed by atoms with Crippen molar-refractivity contribution in [2.45, 2.75) is 32.5 Å². The van der Waals surface area contributed by atoms with E-state index in [0.717, 1.165) is 0 Å². The maximum atomic E-state index is 13.1. The second-order valence-corrected chi connectivity index (χ2v) is 2.54. The molecule has 0 aliphatic heterocycles. The second-order valence-electron chi connectivity index (χ2n) is 2.54. The number of rotatable bonds is 7. The van der Waals surface area contributed by atoms with Crippen molar-refractivity contribution >= 4 is 0 Å². The molecule has 5 heteroatoms. The van der Waals surface area contributed by atoms with Crippen molar-refractivity contribution in [3.8, 4) is 0 Å². The molecule has 0 aliphatic carbocycles. The van der Waals surface area contributed by atoms with Gasteiger partial charge in [0.05, 0.1) is 0 Å². The Morgan fingerprint density at radius 1 is 1.23 bits per heavy atom. The maximum absolute atomic E-state index is 13.1. The molecule has 0 radical (unpaired) electrons. The van der Waals surface area contributed by atoms with Crippen LogP contribution in [0, 0.1) is 0 Å². The fourth-order valence-electron chi connectivity index (χ4n) is 0.905. The molecule has 0 aliphatic rings. The van der Waals surface area contributed by atoms with Gasteiger partial charge >= 0.3 is 0 Å². The highest BCUT2D eigenvalue weighted by atomic mass is 19.3. The van der Waals surface area contributed by atoms with Crippen LogP contribution in [0.1, 0.15) is 20.3 Å². The van der Waals surface area contributed by atoms with Gasteiger partial charge in [-0.3, -0.25) is 0 Å². The third-order valence-electron chi connectivity index (χ3n) is 1.46. The zero-order valence-corrected chi connectivity index (χ0v) is 8.06. The summed E-state index contributed by atoms with van der Waals surface area (Å²) in [5, 5.41) is 0. The van der Waals surface area contributed by atoms with Crippen LogP contribution in [-0.2, 0) is 9.47 Å². The maximum Gasteiger partial charge on any atom is 0.299 e. The van der Waals surface area contributed by atoms with Gasteiger partial charge in [0, 0.05) is 19.6 Å². The van der Waals surface area contributed by atoms with Crippen molar-refractivity contribution in [3.05, 3.63) is 0 Å². The van der Waals surface area contributed by atoms with Crippen LogP contribution < -0.4 is 5.73 Å². The highest BCUT2D eigenvalue weighted by Crippen LogP contribution is 2.25. The van der Waals surface area contributed by atoms with E-state index in [9.17, 15) is 8.78 Å². The Morgan fingerprint density at radius 2 is 1.69 bits per heavy atom. The summed E-state index contributed by atoms with van der Waals surface area (Å²) in [6.07, 6.45) is -1.89. The molecule has 0 amide bonds. The van der Waals surface area contributed by atoms with Crippen LogP contribution in [0.25, 0.3) is 0 Å². The molecule has 0 spiro atoms. The minimum Gasteiger partial charge on any atom is -0.348 e. The molecule has 0 atom stereocenters. The third kappa shape index (κ3) is 4.50. The molecule has 0 bridgehead atoms. The lowest BCUT2D eigenvalue weighted by Crippen LogP contribution is -2.39. The topological polar surface area (TPSA) is 44.5 Å². The highest BCUT2D eigenvalue weighted by molar-refractivity contribution is 4.71. The Kier molecular flexibility index (Phi) is 6.11. The third-order valence-corrected chi connectivity index (χ3v) is 1.46. The standard InChI is InChI=1S/C8H17F2NO2/c1-3-12-7(13-4-2)8(9,10)5-6-11/h7H,3-6,11H2,1-2H3. The summed E-state index contributed by atoms with van der Waals surface area (Å²) in [4.78, 5) is 0. The molecule has 0 saturated heterocycles. The van der Waals surface area contributed by atoms with E-state index in [-0.39, 0.29) is 19.8 Å². The number of hydrogen-bond acceptors (Lipinski definition) is 3. The Bertz CT molecular complexity index is 127. The summed E-state index contributed by atoms with van der Waals surface area (Å²) < 4.78 is 35.8. The van der Waals surface area contributed by atoms with Crippen molar-refractivity contribution in [1.29, 1.82) is 0 Å². The average molecular weight is 197 g/mol. The van der Waals surface area contributed by atoms with Crippen molar-refractivity contribution in [2.24, 2.45) is 5.73 Å². The number of halogens is 2. The summed E-state index contributed by atoms with van der Waals surface area (Å²) in [5.41, 5.74) is 5.05. The van der Waals surface area contributed by atoms with E-state index in [1.165, 1.54) is 0 Å². The van der Waals surface area contributed by atoms with Crippen molar-refractivity contribution in [3.63, 3.8) is 0 Å². The summed E-state index contributed by atoms with van der Waals surface area (Å²) in [6, 6.07) is 0. The van der Waals surface area contributed by atoms with E-state index in [4.69, 9.17) is 15.2 Å². The molecular weight excluding hydrogens is 180 g/mol. The van der Waals surface area contributed by atoms with Gasteiger partial charge < -0.3 is 15.2 Å². The molecule has 0 rings (SSSR count). The fourth-order valence-corrected chi connectivity index (χ4v) is 0.905. The van der Waals surface area contributed by atoms with Gasteiger partial charge in [0.2, 0.25) is 6.29 Å². The molecule has 2 N–H and O–H groups in total.